The molecule has 0 aliphatic heterocycles. The van der Waals surface area contributed by atoms with Crippen LogP contribution in [0.3, 0.4) is 0 Å². The van der Waals surface area contributed by atoms with Gasteiger partial charge in [0, 0.05) is 12.1 Å². The summed E-state index contributed by atoms with van der Waals surface area (Å²) in [6.45, 7) is 2.06. The summed E-state index contributed by atoms with van der Waals surface area (Å²) in [6.07, 6.45) is 0. The molecule has 96 valence electrons. The second-order valence-electron chi connectivity index (χ2n) is 3.90. The molecule has 5 heteroatoms. The minimum absolute atomic E-state index is 0.137. The summed E-state index contributed by atoms with van der Waals surface area (Å²) < 4.78 is 5.97. The number of hydrogen-bond acceptors (Lipinski definition) is 3. The van der Waals surface area contributed by atoms with Crippen molar-refractivity contribution in [2.75, 3.05) is 12.4 Å². The van der Waals surface area contributed by atoms with Crippen molar-refractivity contribution in [1.29, 1.82) is 0 Å². The van der Waals surface area contributed by atoms with Gasteiger partial charge in [-0.15, -0.1) is 11.3 Å². The molecular weight excluding hydrogens is 289 g/mol. The molecule has 0 fully saturated rings. The Balaban J connectivity index is 2.18. The number of benzene rings is 1. The van der Waals surface area contributed by atoms with Crippen LogP contribution in [0, 0.1) is 0 Å². The van der Waals surface area contributed by atoms with E-state index in [1.807, 2.05) is 29.6 Å². The lowest BCUT2D eigenvalue weighted by Crippen LogP contribution is -2.06. The van der Waals surface area contributed by atoms with Gasteiger partial charge in [-0.2, -0.15) is 0 Å². The Morgan fingerprint density at radius 1 is 1.28 bits per heavy atom. The Morgan fingerprint density at radius 2 is 2.06 bits per heavy atom. The minimum Gasteiger partial charge on any atom is -0.497 e. The zero-order chi connectivity index (χ0) is 13.1. The second-order valence-corrected chi connectivity index (χ2v) is 5.85. The average molecular weight is 302 g/mol. The Labute approximate surface area is 120 Å². The van der Waals surface area contributed by atoms with Gasteiger partial charge in [0.25, 0.3) is 0 Å². The van der Waals surface area contributed by atoms with Gasteiger partial charge in [-0.05, 0) is 36.1 Å². The standard InChI is InChI=1S/C13H13Cl2NOS/c1-8(9-5-13(15)18-7-9)16-12-6-10(17-2)3-4-11(12)14/h3-8,16H,1-2H3. The van der Waals surface area contributed by atoms with Gasteiger partial charge in [0.15, 0.2) is 0 Å². The van der Waals surface area contributed by atoms with Crippen molar-refractivity contribution in [1.82, 2.24) is 0 Å². The number of ether oxygens (including phenoxy) is 1. The van der Waals surface area contributed by atoms with E-state index < -0.39 is 0 Å². The third kappa shape index (κ3) is 3.10. The number of methoxy groups -OCH3 is 1. The van der Waals surface area contributed by atoms with Crippen LogP contribution in [0.1, 0.15) is 18.5 Å². The molecule has 0 amide bonds. The fourth-order valence-corrected chi connectivity index (χ4v) is 2.77. The quantitative estimate of drug-likeness (QED) is 0.834. The molecule has 0 aliphatic rings. The molecule has 1 N–H and O–H groups in total. The highest BCUT2D eigenvalue weighted by Crippen LogP contribution is 2.31. The molecule has 1 aromatic heterocycles. The molecule has 0 saturated heterocycles. The van der Waals surface area contributed by atoms with Crippen LogP contribution in [0.4, 0.5) is 5.69 Å². The van der Waals surface area contributed by atoms with Crippen LogP contribution in [0.25, 0.3) is 0 Å². The van der Waals surface area contributed by atoms with Crippen LogP contribution in [0.2, 0.25) is 9.36 Å². The topological polar surface area (TPSA) is 21.3 Å². The second kappa shape index (κ2) is 5.83. The number of rotatable bonds is 4. The number of anilines is 1. The van der Waals surface area contributed by atoms with Crippen LogP contribution in [-0.2, 0) is 0 Å². The van der Waals surface area contributed by atoms with Gasteiger partial charge in [0.05, 0.1) is 22.2 Å². The van der Waals surface area contributed by atoms with E-state index in [9.17, 15) is 0 Å². The molecule has 0 saturated carbocycles. The molecule has 18 heavy (non-hydrogen) atoms. The predicted molar refractivity (Wildman–Crippen MR) is 79.4 cm³/mol. The molecule has 0 aliphatic carbocycles. The summed E-state index contributed by atoms with van der Waals surface area (Å²) >= 11 is 13.6. The zero-order valence-electron chi connectivity index (χ0n) is 10.0. The highest BCUT2D eigenvalue weighted by Gasteiger charge is 2.10. The maximum Gasteiger partial charge on any atom is 0.121 e. The van der Waals surface area contributed by atoms with E-state index in [0.717, 1.165) is 21.3 Å². The van der Waals surface area contributed by atoms with Crippen LogP contribution < -0.4 is 10.1 Å². The van der Waals surface area contributed by atoms with Gasteiger partial charge < -0.3 is 10.1 Å². The van der Waals surface area contributed by atoms with E-state index in [1.54, 1.807) is 7.11 Å². The van der Waals surface area contributed by atoms with Gasteiger partial charge in [0.1, 0.15) is 5.75 Å². The van der Waals surface area contributed by atoms with Crippen molar-refractivity contribution in [3.05, 3.63) is 44.6 Å². The fourth-order valence-electron chi connectivity index (χ4n) is 1.61. The van der Waals surface area contributed by atoms with E-state index in [2.05, 4.69) is 12.2 Å². The van der Waals surface area contributed by atoms with Crippen LogP contribution in [0.15, 0.2) is 29.6 Å². The van der Waals surface area contributed by atoms with Gasteiger partial charge >= 0.3 is 0 Å². The molecule has 2 nitrogen and oxygen atoms in total. The van der Waals surface area contributed by atoms with E-state index >= 15 is 0 Å². The third-order valence-corrected chi connectivity index (χ3v) is 4.07. The summed E-state index contributed by atoms with van der Waals surface area (Å²) in [6, 6.07) is 7.62. The van der Waals surface area contributed by atoms with Gasteiger partial charge in [-0.25, -0.2) is 0 Å². The first-order valence-electron chi connectivity index (χ1n) is 5.44. The van der Waals surface area contributed by atoms with Crippen molar-refractivity contribution in [2.45, 2.75) is 13.0 Å². The van der Waals surface area contributed by atoms with E-state index in [-0.39, 0.29) is 6.04 Å². The fraction of sp³-hybridized carbons (Fsp3) is 0.231. The summed E-state index contributed by atoms with van der Waals surface area (Å²) in [5.74, 6) is 0.775. The molecule has 0 bridgehead atoms. The Hall–Kier alpha value is -0.900. The smallest absolute Gasteiger partial charge is 0.121 e. The zero-order valence-corrected chi connectivity index (χ0v) is 12.4. The molecular formula is C13H13Cl2NOS. The lowest BCUT2D eigenvalue weighted by Gasteiger charge is -2.16. The normalized spacial score (nSPS) is 12.2. The molecule has 2 rings (SSSR count). The first-order chi connectivity index (χ1) is 8.60. The SMILES string of the molecule is COc1ccc(Cl)c(NC(C)c2csc(Cl)c2)c1. The van der Waals surface area contributed by atoms with Crippen molar-refractivity contribution in [3.63, 3.8) is 0 Å². The first kappa shape index (κ1) is 13.5. The number of halogens is 2. The van der Waals surface area contributed by atoms with Crippen LogP contribution in [-0.4, -0.2) is 7.11 Å². The van der Waals surface area contributed by atoms with Crippen molar-refractivity contribution < 1.29 is 4.74 Å². The summed E-state index contributed by atoms with van der Waals surface area (Å²) in [5, 5.41) is 6.06. The Kier molecular flexibility index (Phi) is 4.38. The van der Waals surface area contributed by atoms with E-state index in [4.69, 9.17) is 27.9 Å². The van der Waals surface area contributed by atoms with Crippen molar-refractivity contribution >= 4 is 40.2 Å². The minimum atomic E-state index is 0.137. The van der Waals surface area contributed by atoms with Crippen molar-refractivity contribution in [3.8, 4) is 5.75 Å². The van der Waals surface area contributed by atoms with Gasteiger partial charge in [-0.1, -0.05) is 23.2 Å². The van der Waals surface area contributed by atoms with E-state index in [1.165, 1.54) is 11.3 Å². The van der Waals surface area contributed by atoms with Gasteiger partial charge in [-0.3, -0.25) is 0 Å². The van der Waals surface area contributed by atoms with Crippen molar-refractivity contribution in [2.24, 2.45) is 0 Å². The van der Waals surface area contributed by atoms with Crippen LogP contribution in [0.5, 0.6) is 5.75 Å². The average Bonchev–Trinajstić information content (AvgIpc) is 2.79. The maximum absolute atomic E-state index is 6.15. The Morgan fingerprint density at radius 3 is 2.67 bits per heavy atom. The van der Waals surface area contributed by atoms with Gasteiger partial charge in [0.2, 0.25) is 0 Å². The molecule has 0 radical (unpaired) electrons. The monoisotopic (exact) mass is 301 g/mol. The highest BCUT2D eigenvalue weighted by molar-refractivity contribution is 7.14. The van der Waals surface area contributed by atoms with E-state index in [0.29, 0.717) is 5.02 Å². The number of thiophene rings is 1. The highest BCUT2D eigenvalue weighted by atomic mass is 35.5. The first-order valence-corrected chi connectivity index (χ1v) is 7.07. The largest absolute Gasteiger partial charge is 0.497 e. The molecule has 1 unspecified atom stereocenters. The summed E-state index contributed by atoms with van der Waals surface area (Å²) in [4.78, 5) is 0. The lowest BCUT2D eigenvalue weighted by molar-refractivity contribution is 0.415. The van der Waals surface area contributed by atoms with Crippen LogP contribution >= 0.6 is 34.5 Å². The lowest BCUT2D eigenvalue weighted by atomic mass is 10.1. The number of hydrogen-bond donors (Lipinski definition) is 1. The molecule has 1 heterocycles. The number of nitrogens with one attached hydrogen (secondary N) is 1. The molecule has 2 aromatic rings. The molecule has 0 spiro atoms. The Bertz CT molecular complexity index is 542. The summed E-state index contributed by atoms with van der Waals surface area (Å²) in [5.41, 5.74) is 2.00. The molecule has 1 atom stereocenters. The summed E-state index contributed by atoms with van der Waals surface area (Å²) in [7, 11) is 1.63. The third-order valence-electron chi connectivity index (χ3n) is 2.63. The predicted octanol–water partition coefficient (Wildman–Crippen LogP) is 5.24. The maximum atomic E-state index is 6.15. The molecule has 1 aromatic carbocycles.